The van der Waals surface area contributed by atoms with Crippen LogP contribution in [0.5, 0.6) is 0 Å². The topological polar surface area (TPSA) is 72.2 Å². The van der Waals surface area contributed by atoms with Crippen LogP contribution in [0.15, 0.2) is 48.5 Å². The highest BCUT2D eigenvalue weighted by Crippen LogP contribution is 2.14. The van der Waals surface area contributed by atoms with Gasteiger partial charge in [0.25, 0.3) is 5.69 Å². The number of hydrogen-bond donors (Lipinski definition) is 1. The Morgan fingerprint density at radius 3 is 2.65 bits per heavy atom. The summed E-state index contributed by atoms with van der Waals surface area (Å²) in [5.74, 6) is 1.07. The molecule has 1 amide bonds. The highest BCUT2D eigenvalue weighted by Gasteiger charge is 2.07. The third-order valence-electron chi connectivity index (χ3n) is 3.20. The number of nitro benzene ring substituents is 1. The standard InChI is InChI=1S/C17H18N2O3S/c1-13-4-2-6-15(8-13)11-23-12-17(20)18-10-14-5-3-7-16(9-14)19(21)22/h2-9H,10-12H2,1H3,(H,18,20). The summed E-state index contributed by atoms with van der Waals surface area (Å²) in [6, 6.07) is 14.5. The van der Waals surface area contributed by atoms with Crippen LogP contribution in [0.1, 0.15) is 16.7 Å². The van der Waals surface area contributed by atoms with E-state index in [4.69, 9.17) is 0 Å². The van der Waals surface area contributed by atoms with Gasteiger partial charge in [-0.1, -0.05) is 42.0 Å². The minimum atomic E-state index is -0.441. The van der Waals surface area contributed by atoms with Gasteiger partial charge in [0.1, 0.15) is 0 Å². The van der Waals surface area contributed by atoms with E-state index in [9.17, 15) is 14.9 Å². The van der Waals surface area contributed by atoms with Gasteiger partial charge in [-0.2, -0.15) is 0 Å². The lowest BCUT2D eigenvalue weighted by molar-refractivity contribution is -0.384. The second-order valence-electron chi connectivity index (χ2n) is 5.19. The van der Waals surface area contributed by atoms with Crippen molar-refractivity contribution >= 4 is 23.4 Å². The molecule has 2 aromatic rings. The number of carbonyl (C=O) groups excluding carboxylic acids is 1. The number of rotatable bonds is 7. The van der Waals surface area contributed by atoms with Crippen LogP contribution >= 0.6 is 11.8 Å². The third-order valence-corrected chi connectivity index (χ3v) is 4.20. The molecule has 0 fully saturated rings. The van der Waals surface area contributed by atoms with Gasteiger partial charge in [-0.05, 0) is 18.1 Å². The highest BCUT2D eigenvalue weighted by molar-refractivity contribution is 7.99. The molecule has 5 nitrogen and oxygen atoms in total. The average Bonchev–Trinajstić information content (AvgIpc) is 2.53. The van der Waals surface area contributed by atoms with Crippen molar-refractivity contribution < 1.29 is 9.72 Å². The van der Waals surface area contributed by atoms with Crippen LogP contribution in [0.4, 0.5) is 5.69 Å². The minimum absolute atomic E-state index is 0.0329. The zero-order chi connectivity index (χ0) is 16.7. The van der Waals surface area contributed by atoms with Gasteiger partial charge in [0.05, 0.1) is 10.7 Å². The summed E-state index contributed by atoms with van der Waals surface area (Å²) in [6.45, 7) is 2.34. The zero-order valence-electron chi connectivity index (χ0n) is 12.8. The average molecular weight is 330 g/mol. The number of aryl methyl sites for hydroxylation is 1. The van der Waals surface area contributed by atoms with E-state index in [1.54, 1.807) is 23.9 Å². The van der Waals surface area contributed by atoms with Crippen molar-refractivity contribution in [2.75, 3.05) is 5.75 Å². The lowest BCUT2D eigenvalue weighted by Crippen LogP contribution is -2.24. The monoisotopic (exact) mass is 330 g/mol. The Morgan fingerprint density at radius 2 is 1.91 bits per heavy atom. The van der Waals surface area contributed by atoms with E-state index in [1.807, 2.05) is 25.1 Å². The van der Waals surface area contributed by atoms with E-state index in [1.165, 1.54) is 23.3 Å². The van der Waals surface area contributed by atoms with E-state index in [-0.39, 0.29) is 11.6 Å². The van der Waals surface area contributed by atoms with E-state index >= 15 is 0 Å². The molecule has 1 N–H and O–H groups in total. The van der Waals surface area contributed by atoms with Crippen molar-refractivity contribution in [1.29, 1.82) is 0 Å². The number of amides is 1. The van der Waals surface area contributed by atoms with Gasteiger partial charge in [0.15, 0.2) is 0 Å². The molecule has 120 valence electrons. The summed E-state index contributed by atoms with van der Waals surface area (Å²) in [7, 11) is 0. The normalized spacial score (nSPS) is 10.3. The molecule has 0 aliphatic carbocycles. The van der Waals surface area contributed by atoms with Crippen LogP contribution in [0.3, 0.4) is 0 Å². The molecule has 0 bridgehead atoms. The summed E-state index contributed by atoms with van der Waals surface area (Å²) in [5.41, 5.74) is 3.15. The van der Waals surface area contributed by atoms with Crippen molar-refractivity contribution in [3.05, 3.63) is 75.3 Å². The largest absolute Gasteiger partial charge is 0.351 e. The molecule has 23 heavy (non-hydrogen) atoms. The number of benzene rings is 2. The van der Waals surface area contributed by atoms with E-state index in [0.29, 0.717) is 12.3 Å². The van der Waals surface area contributed by atoms with Crippen LogP contribution in [0.25, 0.3) is 0 Å². The molecule has 0 aliphatic rings. The number of non-ortho nitro benzene ring substituents is 1. The fourth-order valence-corrected chi connectivity index (χ4v) is 2.90. The van der Waals surface area contributed by atoms with E-state index < -0.39 is 4.92 Å². The first kappa shape index (κ1) is 17.0. The minimum Gasteiger partial charge on any atom is -0.351 e. The van der Waals surface area contributed by atoms with E-state index in [2.05, 4.69) is 11.4 Å². The van der Waals surface area contributed by atoms with Crippen molar-refractivity contribution in [3.63, 3.8) is 0 Å². The quantitative estimate of drug-likeness (QED) is 0.623. The first-order valence-corrected chi connectivity index (χ1v) is 8.33. The van der Waals surface area contributed by atoms with Gasteiger partial charge in [0.2, 0.25) is 5.91 Å². The van der Waals surface area contributed by atoms with Crippen molar-refractivity contribution in [3.8, 4) is 0 Å². The second kappa shape index (κ2) is 8.33. The molecular weight excluding hydrogens is 312 g/mol. The summed E-state index contributed by atoms with van der Waals surface area (Å²) >= 11 is 1.55. The third kappa shape index (κ3) is 5.75. The van der Waals surface area contributed by atoms with Crippen molar-refractivity contribution in [2.24, 2.45) is 0 Å². The predicted molar refractivity (Wildman–Crippen MR) is 92.3 cm³/mol. The Balaban J connectivity index is 1.75. The molecule has 2 rings (SSSR count). The molecule has 0 heterocycles. The molecule has 0 radical (unpaired) electrons. The zero-order valence-corrected chi connectivity index (χ0v) is 13.6. The van der Waals surface area contributed by atoms with Gasteiger partial charge in [-0.25, -0.2) is 0 Å². The summed E-state index contributed by atoms with van der Waals surface area (Å²) < 4.78 is 0. The number of hydrogen-bond acceptors (Lipinski definition) is 4. The Morgan fingerprint density at radius 1 is 1.17 bits per heavy atom. The van der Waals surface area contributed by atoms with Crippen LogP contribution in [0.2, 0.25) is 0 Å². The SMILES string of the molecule is Cc1cccc(CSCC(=O)NCc2cccc([N+](=O)[O-])c2)c1. The van der Waals surface area contributed by atoms with E-state index in [0.717, 1.165) is 11.3 Å². The van der Waals surface area contributed by atoms with Gasteiger partial charge >= 0.3 is 0 Å². The number of thioether (sulfide) groups is 1. The molecule has 0 saturated carbocycles. The predicted octanol–water partition coefficient (Wildman–Crippen LogP) is 3.45. The number of carbonyl (C=O) groups is 1. The maximum absolute atomic E-state index is 11.8. The van der Waals surface area contributed by atoms with Crippen molar-refractivity contribution in [1.82, 2.24) is 5.32 Å². The summed E-state index contributed by atoms with van der Waals surface area (Å²) in [4.78, 5) is 22.1. The van der Waals surface area contributed by atoms with Crippen LogP contribution < -0.4 is 5.32 Å². The van der Waals surface area contributed by atoms with Gasteiger partial charge < -0.3 is 5.32 Å². The Hall–Kier alpha value is -2.34. The Labute approximate surface area is 139 Å². The second-order valence-corrected chi connectivity index (χ2v) is 6.17. The van der Waals surface area contributed by atoms with Crippen LogP contribution in [-0.4, -0.2) is 16.6 Å². The lowest BCUT2D eigenvalue weighted by atomic mass is 10.2. The molecule has 6 heteroatoms. The molecule has 0 atom stereocenters. The van der Waals surface area contributed by atoms with Crippen molar-refractivity contribution in [2.45, 2.75) is 19.2 Å². The smallest absolute Gasteiger partial charge is 0.269 e. The van der Waals surface area contributed by atoms with Crippen LogP contribution in [-0.2, 0) is 17.1 Å². The fraction of sp³-hybridized carbons (Fsp3) is 0.235. The molecule has 2 aromatic carbocycles. The molecule has 0 spiro atoms. The Kier molecular flexibility index (Phi) is 6.17. The summed E-state index contributed by atoms with van der Waals surface area (Å²) in [5, 5.41) is 13.5. The first-order valence-electron chi connectivity index (χ1n) is 7.18. The lowest BCUT2D eigenvalue weighted by Gasteiger charge is -2.06. The first-order chi connectivity index (χ1) is 11.0. The van der Waals surface area contributed by atoms with Crippen LogP contribution in [0, 0.1) is 17.0 Å². The maximum Gasteiger partial charge on any atom is 0.269 e. The van der Waals surface area contributed by atoms with Gasteiger partial charge in [0, 0.05) is 24.4 Å². The number of nitrogens with zero attached hydrogens (tertiary/aromatic N) is 1. The molecule has 0 aromatic heterocycles. The molecule has 0 aliphatic heterocycles. The molecule has 0 saturated heterocycles. The Bertz CT molecular complexity index is 704. The van der Waals surface area contributed by atoms with Gasteiger partial charge in [-0.15, -0.1) is 11.8 Å². The highest BCUT2D eigenvalue weighted by atomic mass is 32.2. The molecular formula is C17H18N2O3S. The summed E-state index contributed by atoms with van der Waals surface area (Å²) in [6.07, 6.45) is 0. The number of nitrogens with one attached hydrogen (secondary N) is 1. The van der Waals surface area contributed by atoms with Gasteiger partial charge in [-0.3, -0.25) is 14.9 Å². The molecule has 0 unspecified atom stereocenters. The maximum atomic E-state index is 11.8. The number of nitro groups is 1. The fourth-order valence-electron chi connectivity index (χ4n) is 2.10.